The monoisotopic (exact) mass is 161 g/mol. The summed E-state index contributed by atoms with van der Waals surface area (Å²) in [6.45, 7) is 1.79. The minimum Gasteiger partial charge on any atom is -0.393 e. The van der Waals surface area contributed by atoms with Crippen molar-refractivity contribution in [2.45, 2.75) is 38.7 Å². The molecule has 0 spiro atoms. The third kappa shape index (κ3) is 9.36. The highest BCUT2D eigenvalue weighted by Crippen LogP contribution is 2.02. The van der Waals surface area contributed by atoms with Gasteiger partial charge in [-0.15, -0.1) is 0 Å². The molecule has 0 aromatic carbocycles. The number of nitro groups is 1. The quantitative estimate of drug-likeness (QED) is 0.361. The van der Waals surface area contributed by atoms with Gasteiger partial charge in [0.15, 0.2) is 0 Å². The van der Waals surface area contributed by atoms with Crippen LogP contribution in [0.1, 0.15) is 32.6 Å². The molecule has 0 rings (SSSR count). The van der Waals surface area contributed by atoms with Crippen LogP contribution in [0, 0.1) is 10.1 Å². The molecule has 0 bridgehead atoms. The molecule has 0 radical (unpaired) electrons. The van der Waals surface area contributed by atoms with E-state index in [-0.39, 0.29) is 17.6 Å². The molecule has 0 aromatic rings. The molecule has 1 unspecified atom stereocenters. The highest BCUT2D eigenvalue weighted by molar-refractivity contribution is 4.47. The van der Waals surface area contributed by atoms with Gasteiger partial charge in [-0.25, -0.2) is 0 Å². The average molecular weight is 161 g/mol. The van der Waals surface area contributed by atoms with Crippen LogP contribution in [0.15, 0.2) is 0 Å². The molecule has 0 saturated carbocycles. The summed E-state index contributed by atoms with van der Waals surface area (Å²) in [7, 11) is 0. The molecule has 0 saturated heterocycles. The second-order valence-electron chi connectivity index (χ2n) is 2.75. The van der Waals surface area contributed by atoms with Gasteiger partial charge in [0.1, 0.15) is 0 Å². The van der Waals surface area contributed by atoms with E-state index in [0.717, 1.165) is 19.3 Å². The van der Waals surface area contributed by atoms with E-state index in [2.05, 4.69) is 0 Å². The highest BCUT2D eigenvalue weighted by atomic mass is 16.6. The maximum absolute atomic E-state index is 9.85. The average Bonchev–Trinajstić information content (AvgIpc) is 1.85. The predicted octanol–water partition coefficient (Wildman–Crippen LogP) is 1.20. The summed E-state index contributed by atoms with van der Waals surface area (Å²) in [5.41, 5.74) is 0. The van der Waals surface area contributed by atoms with Crippen LogP contribution in [0.5, 0.6) is 0 Å². The van der Waals surface area contributed by atoms with E-state index in [9.17, 15) is 10.1 Å². The van der Waals surface area contributed by atoms with Gasteiger partial charge in [0.2, 0.25) is 6.54 Å². The minimum absolute atomic E-state index is 0.0554. The Kier molecular flexibility index (Phi) is 5.74. The number of unbranched alkanes of at least 4 members (excludes halogenated alkanes) is 2. The second-order valence-corrected chi connectivity index (χ2v) is 2.75. The molecule has 0 aromatic heterocycles. The Balaban J connectivity index is 2.97. The van der Waals surface area contributed by atoms with Gasteiger partial charge in [0.05, 0.1) is 6.10 Å². The Morgan fingerprint density at radius 2 is 2.09 bits per heavy atom. The Hall–Kier alpha value is -0.640. The van der Waals surface area contributed by atoms with E-state index in [4.69, 9.17) is 5.11 Å². The Labute approximate surface area is 66.4 Å². The number of hydrogen-bond acceptors (Lipinski definition) is 3. The van der Waals surface area contributed by atoms with Crippen molar-refractivity contribution in [2.24, 2.45) is 0 Å². The number of aliphatic hydroxyl groups is 1. The third-order valence-corrected chi connectivity index (χ3v) is 1.46. The lowest BCUT2D eigenvalue weighted by Gasteiger charge is -2.01. The topological polar surface area (TPSA) is 63.4 Å². The largest absolute Gasteiger partial charge is 0.393 e. The van der Waals surface area contributed by atoms with Crippen LogP contribution in [0.3, 0.4) is 0 Å². The van der Waals surface area contributed by atoms with Gasteiger partial charge in [0.25, 0.3) is 0 Å². The molecular formula is C7H15NO3. The first-order valence-electron chi connectivity index (χ1n) is 3.93. The lowest BCUT2D eigenvalue weighted by Crippen LogP contribution is -2.02. The number of nitrogens with zero attached hydrogens (tertiary/aromatic N) is 1. The van der Waals surface area contributed by atoms with Crippen LogP contribution in [0.2, 0.25) is 0 Å². The van der Waals surface area contributed by atoms with Crippen molar-refractivity contribution in [3.63, 3.8) is 0 Å². The normalized spacial score (nSPS) is 12.9. The van der Waals surface area contributed by atoms with Crippen LogP contribution < -0.4 is 0 Å². The van der Waals surface area contributed by atoms with Crippen molar-refractivity contribution >= 4 is 0 Å². The lowest BCUT2D eigenvalue weighted by atomic mass is 10.1. The summed E-state index contributed by atoms with van der Waals surface area (Å²) in [6, 6.07) is 0. The van der Waals surface area contributed by atoms with Crippen LogP contribution in [0.25, 0.3) is 0 Å². The fourth-order valence-corrected chi connectivity index (χ4v) is 0.857. The van der Waals surface area contributed by atoms with Crippen LogP contribution >= 0.6 is 0 Å². The summed E-state index contributed by atoms with van der Waals surface area (Å²) in [5, 5.41) is 18.7. The van der Waals surface area contributed by atoms with Gasteiger partial charge < -0.3 is 5.11 Å². The first-order valence-corrected chi connectivity index (χ1v) is 3.93. The molecule has 0 aliphatic carbocycles. The number of aliphatic hydroxyl groups excluding tert-OH is 1. The maximum Gasteiger partial charge on any atom is 0.203 e. The van der Waals surface area contributed by atoms with Crippen molar-refractivity contribution in [1.29, 1.82) is 0 Å². The molecule has 66 valence electrons. The van der Waals surface area contributed by atoms with Crippen molar-refractivity contribution < 1.29 is 10.0 Å². The van der Waals surface area contributed by atoms with Crippen molar-refractivity contribution in [3.05, 3.63) is 10.1 Å². The molecule has 4 heteroatoms. The van der Waals surface area contributed by atoms with Crippen molar-refractivity contribution in [1.82, 2.24) is 0 Å². The molecule has 11 heavy (non-hydrogen) atoms. The molecule has 4 nitrogen and oxygen atoms in total. The Bertz CT molecular complexity index is 114. The van der Waals surface area contributed by atoms with E-state index >= 15 is 0 Å². The number of hydrogen-bond donors (Lipinski definition) is 1. The van der Waals surface area contributed by atoms with Gasteiger partial charge >= 0.3 is 0 Å². The predicted molar refractivity (Wildman–Crippen MR) is 42.0 cm³/mol. The van der Waals surface area contributed by atoms with Crippen molar-refractivity contribution in [3.8, 4) is 0 Å². The van der Waals surface area contributed by atoms with Gasteiger partial charge in [0, 0.05) is 11.3 Å². The van der Waals surface area contributed by atoms with E-state index in [1.54, 1.807) is 6.92 Å². The zero-order chi connectivity index (χ0) is 8.69. The summed E-state index contributed by atoms with van der Waals surface area (Å²) >= 11 is 0. The van der Waals surface area contributed by atoms with Crippen LogP contribution in [0.4, 0.5) is 0 Å². The molecule has 0 aliphatic rings. The second kappa shape index (κ2) is 6.09. The van der Waals surface area contributed by atoms with Gasteiger partial charge in [-0.2, -0.15) is 0 Å². The van der Waals surface area contributed by atoms with E-state index in [0.29, 0.717) is 6.42 Å². The summed E-state index contributed by atoms with van der Waals surface area (Å²) in [6.07, 6.45) is 2.82. The SMILES string of the molecule is CC(O)CCCCC[N+](=O)[O-]. The molecule has 0 aliphatic heterocycles. The Morgan fingerprint density at radius 3 is 2.55 bits per heavy atom. The fourth-order valence-electron chi connectivity index (χ4n) is 0.857. The standard InChI is InChI=1S/C7H15NO3/c1-7(9)5-3-2-4-6-8(10)11/h7,9H,2-6H2,1H3. The molecule has 1 N–H and O–H groups in total. The van der Waals surface area contributed by atoms with Crippen LogP contribution in [-0.4, -0.2) is 22.7 Å². The molecular weight excluding hydrogens is 146 g/mol. The fraction of sp³-hybridized carbons (Fsp3) is 1.00. The third-order valence-electron chi connectivity index (χ3n) is 1.46. The first-order chi connectivity index (χ1) is 5.13. The van der Waals surface area contributed by atoms with Crippen LogP contribution in [-0.2, 0) is 0 Å². The Morgan fingerprint density at radius 1 is 1.45 bits per heavy atom. The van der Waals surface area contributed by atoms with E-state index in [1.807, 2.05) is 0 Å². The molecule has 1 atom stereocenters. The van der Waals surface area contributed by atoms with Gasteiger partial charge in [-0.1, -0.05) is 6.42 Å². The van der Waals surface area contributed by atoms with Gasteiger partial charge in [-0.05, 0) is 19.8 Å². The zero-order valence-electron chi connectivity index (χ0n) is 6.82. The van der Waals surface area contributed by atoms with Crippen molar-refractivity contribution in [2.75, 3.05) is 6.54 Å². The maximum atomic E-state index is 9.85. The van der Waals surface area contributed by atoms with Gasteiger partial charge in [-0.3, -0.25) is 10.1 Å². The minimum atomic E-state index is -0.303. The summed E-state index contributed by atoms with van der Waals surface area (Å²) in [4.78, 5) is 9.55. The number of rotatable bonds is 6. The lowest BCUT2D eigenvalue weighted by molar-refractivity contribution is -0.480. The molecule has 0 heterocycles. The summed E-state index contributed by atoms with van der Waals surface area (Å²) < 4.78 is 0. The zero-order valence-corrected chi connectivity index (χ0v) is 6.82. The highest BCUT2D eigenvalue weighted by Gasteiger charge is 1.98. The smallest absolute Gasteiger partial charge is 0.203 e. The van der Waals surface area contributed by atoms with E-state index in [1.165, 1.54) is 0 Å². The first kappa shape index (κ1) is 10.4. The molecule has 0 amide bonds. The summed E-state index contributed by atoms with van der Waals surface area (Å²) in [5.74, 6) is 0. The van der Waals surface area contributed by atoms with E-state index < -0.39 is 0 Å². The molecule has 0 fully saturated rings.